The molecule has 0 fully saturated rings. The van der Waals surface area contributed by atoms with Crippen molar-refractivity contribution < 1.29 is 4.79 Å². The van der Waals surface area contributed by atoms with Gasteiger partial charge in [-0.3, -0.25) is 9.48 Å². The van der Waals surface area contributed by atoms with E-state index in [1.807, 2.05) is 32.4 Å². The number of nitrogens with one attached hydrogen (secondary N) is 1. The van der Waals surface area contributed by atoms with Gasteiger partial charge in [-0.1, -0.05) is 0 Å². The molecule has 0 radical (unpaired) electrons. The number of hydrogen-bond acceptors (Lipinski definition) is 4. The molecule has 2 aromatic rings. The maximum absolute atomic E-state index is 11.9. The van der Waals surface area contributed by atoms with E-state index in [4.69, 9.17) is 0 Å². The van der Waals surface area contributed by atoms with Crippen LogP contribution >= 0.6 is 0 Å². The van der Waals surface area contributed by atoms with E-state index in [1.165, 1.54) is 11.9 Å². The summed E-state index contributed by atoms with van der Waals surface area (Å²) in [5, 5.41) is 11.4. The number of rotatable bonds is 6. The zero-order chi connectivity index (χ0) is 15.4. The fourth-order valence-electron chi connectivity index (χ4n) is 2.10. The van der Waals surface area contributed by atoms with Gasteiger partial charge in [0.2, 0.25) is 5.91 Å². The van der Waals surface area contributed by atoms with Gasteiger partial charge in [-0.25, -0.2) is 9.67 Å². The SMILES string of the molecule is Cc1nn(CCC(=O)NCC(C)n2cncn2)c(C)c1C. The van der Waals surface area contributed by atoms with Crippen molar-refractivity contribution in [2.75, 3.05) is 6.54 Å². The molecule has 2 rings (SSSR count). The second-order valence-electron chi connectivity index (χ2n) is 5.30. The zero-order valence-electron chi connectivity index (χ0n) is 13.0. The first kappa shape index (κ1) is 15.2. The Morgan fingerprint density at radius 3 is 2.71 bits per heavy atom. The van der Waals surface area contributed by atoms with Crippen molar-refractivity contribution in [1.82, 2.24) is 29.9 Å². The van der Waals surface area contributed by atoms with Crippen molar-refractivity contribution in [3.63, 3.8) is 0 Å². The van der Waals surface area contributed by atoms with Crippen LogP contribution in [-0.2, 0) is 11.3 Å². The highest BCUT2D eigenvalue weighted by atomic mass is 16.1. The van der Waals surface area contributed by atoms with E-state index >= 15 is 0 Å². The monoisotopic (exact) mass is 290 g/mol. The molecule has 0 saturated carbocycles. The normalized spacial score (nSPS) is 12.4. The first-order valence-electron chi connectivity index (χ1n) is 7.10. The molecule has 114 valence electrons. The van der Waals surface area contributed by atoms with E-state index in [9.17, 15) is 4.79 Å². The van der Waals surface area contributed by atoms with Gasteiger partial charge in [-0.15, -0.1) is 0 Å². The van der Waals surface area contributed by atoms with Crippen molar-refractivity contribution in [3.8, 4) is 0 Å². The second-order valence-corrected chi connectivity index (χ2v) is 5.30. The summed E-state index contributed by atoms with van der Waals surface area (Å²) in [6.45, 7) is 9.19. The largest absolute Gasteiger partial charge is 0.354 e. The number of amides is 1. The number of nitrogens with zero attached hydrogens (tertiary/aromatic N) is 5. The summed E-state index contributed by atoms with van der Waals surface area (Å²) in [6.07, 6.45) is 3.56. The molecule has 7 heteroatoms. The molecule has 7 nitrogen and oxygen atoms in total. The van der Waals surface area contributed by atoms with Gasteiger partial charge in [-0.05, 0) is 33.3 Å². The van der Waals surface area contributed by atoms with Crippen LogP contribution in [0.1, 0.15) is 36.3 Å². The number of hydrogen-bond donors (Lipinski definition) is 1. The van der Waals surface area contributed by atoms with Gasteiger partial charge in [0.25, 0.3) is 0 Å². The standard InChI is InChI=1S/C14H22N6O/c1-10(20-9-15-8-17-20)7-16-14(21)5-6-19-13(4)11(2)12(3)18-19/h8-10H,5-7H2,1-4H3,(H,16,21). The first-order chi connectivity index (χ1) is 9.99. The summed E-state index contributed by atoms with van der Waals surface area (Å²) in [4.78, 5) is 15.8. The first-order valence-corrected chi connectivity index (χ1v) is 7.10. The van der Waals surface area contributed by atoms with Gasteiger partial charge in [0.15, 0.2) is 0 Å². The summed E-state index contributed by atoms with van der Waals surface area (Å²) in [5.41, 5.74) is 3.33. The Morgan fingerprint density at radius 2 is 2.14 bits per heavy atom. The highest BCUT2D eigenvalue weighted by Crippen LogP contribution is 2.11. The minimum absolute atomic E-state index is 0.0205. The number of carbonyl (C=O) groups is 1. The third-order valence-electron chi connectivity index (χ3n) is 3.78. The highest BCUT2D eigenvalue weighted by molar-refractivity contribution is 5.75. The van der Waals surface area contributed by atoms with Gasteiger partial charge in [-0.2, -0.15) is 10.2 Å². The lowest BCUT2D eigenvalue weighted by Gasteiger charge is -2.12. The van der Waals surface area contributed by atoms with Gasteiger partial charge in [0.05, 0.1) is 11.7 Å². The van der Waals surface area contributed by atoms with Crippen LogP contribution in [0.4, 0.5) is 0 Å². The zero-order valence-corrected chi connectivity index (χ0v) is 13.0. The molecule has 0 aromatic carbocycles. The van der Waals surface area contributed by atoms with E-state index in [0.29, 0.717) is 19.5 Å². The molecule has 0 spiro atoms. The van der Waals surface area contributed by atoms with E-state index in [2.05, 4.69) is 20.5 Å². The number of aryl methyl sites for hydroxylation is 2. The summed E-state index contributed by atoms with van der Waals surface area (Å²) in [5.74, 6) is 0.0205. The maximum Gasteiger partial charge on any atom is 0.221 e. The van der Waals surface area contributed by atoms with Crippen molar-refractivity contribution in [1.29, 1.82) is 0 Å². The predicted octanol–water partition coefficient (Wildman–Crippen LogP) is 1.17. The quantitative estimate of drug-likeness (QED) is 0.866. The van der Waals surface area contributed by atoms with Crippen molar-refractivity contribution in [3.05, 3.63) is 29.6 Å². The van der Waals surface area contributed by atoms with Crippen LogP contribution in [0.2, 0.25) is 0 Å². The lowest BCUT2D eigenvalue weighted by atomic mass is 10.2. The Morgan fingerprint density at radius 1 is 1.38 bits per heavy atom. The topological polar surface area (TPSA) is 77.6 Å². The lowest BCUT2D eigenvalue weighted by Crippen LogP contribution is -2.30. The molecule has 0 bridgehead atoms. The van der Waals surface area contributed by atoms with Crippen LogP contribution in [0.15, 0.2) is 12.7 Å². The van der Waals surface area contributed by atoms with Crippen molar-refractivity contribution >= 4 is 5.91 Å². The summed E-state index contributed by atoms with van der Waals surface area (Å²) >= 11 is 0. The van der Waals surface area contributed by atoms with E-state index in [0.717, 1.165) is 11.4 Å². The molecule has 0 aliphatic carbocycles. The molecule has 2 heterocycles. The molecule has 1 atom stereocenters. The Balaban J connectivity index is 1.78. The molecule has 1 amide bonds. The van der Waals surface area contributed by atoms with Crippen molar-refractivity contribution in [2.24, 2.45) is 0 Å². The molecule has 1 unspecified atom stereocenters. The van der Waals surface area contributed by atoms with Crippen molar-refractivity contribution in [2.45, 2.75) is 46.7 Å². The summed E-state index contributed by atoms with van der Waals surface area (Å²) in [6, 6.07) is 0.0902. The Kier molecular flexibility index (Phi) is 4.72. The molecule has 1 N–H and O–H groups in total. The van der Waals surface area contributed by atoms with E-state index < -0.39 is 0 Å². The average molecular weight is 290 g/mol. The smallest absolute Gasteiger partial charge is 0.221 e. The number of carbonyl (C=O) groups excluding carboxylic acids is 1. The Hall–Kier alpha value is -2.18. The molecule has 0 aliphatic heterocycles. The van der Waals surface area contributed by atoms with E-state index in [-0.39, 0.29) is 11.9 Å². The van der Waals surface area contributed by atoms with Crippen LogP contribution in [0, 0.1) is 20.8 Å². The average Bonchev–Trinajstić information content (AvgIpc) is 3.08. The second kappa shape index (κ2) is 6.51. The van der Waals surface area contributed by atoms with Crippen LogP contribution in [0.5, 0.6) is 0 Å². The molecule has 2 aromatic heterocycles. The molecule has 0 saturated heterocycles. The minimum Gasteiger partial charge on any atom is -0.354 e. The third kappa shape index (κ3) is 3.68. The summed E-state index contributed by atoms with van der Waals surface area (Å²) < 4.78 is 3.62. The Bertz CT molecular complexity index is 601. The molecular weight excluding hydrogens is 268 g/mol. The molecular formula is C14H22N6O. The number of aromatic nitrogens is 5. The fourth-order valence-corrected chi connectivity index (χ4v) is 2.10. The molecule has 21 heavy (non-hydrogen) atoms. The summed E-state index contributed by atoms with van der Waals surface area (Å²) in [7, 11) is 0. The van der Waals surface area contributed by atoms with Gasteiger partial charge in [0.1, 0.15) is 12.7 Å². The maximum atomic E-state index is 11.9. The van der Waals surface area contributed by atoms with E-state index in [1.54, 1.807) is 11.0 Å². The third-order valence-corrected chi connectivity index (χ3v) is 3.78. The minimum atomic E-state index is 0.0205. The molecule has 0 aliphatic rings. The predicted molar refractivity (Wildman–Crippen MR) is 78.8 cm³/mol. The van der Waals surface area contributed by atoms with Crippen LogP contribution in [0.25, 0.3) is 0 Å². The lowest BCUT2D eigenvalue weighted by molar-refractivity contribution is -0.121. The van der Waals surface area contributed by atoms with Gasteiger partial charge < -0.3 is 5.32 Å². The van der Waals surface area contributed by atoms with Crippen LogP contribution in [-0.4, -0.2) is 37.0 Å². The van der Waals surface area contributed by atoms with Crippen LogP contribution in [0.3, 0.4) is 0 Å². The fraction of sp³-hybridized carbons (Fsp3) is 0.571. The van der Waals surface area contributed by atoms with Gasteiger partial charge in [0, 0.05) is 25.2 Å². The Labute approximate surface area is 124 Å². The highest BCUT2D eigenvalue weighted by Gasteiger charge is 2.10. The van der Waals surface area contributed by atoms with Crippen LogP contribution < -0.4 is 5.32 Å². The van der Waals surface area contributed by atoms with Gasteiger partial charge >= 0.3 is 0 Å².